The SMILES string of the molecule is Cc1nc(Cc2ccccc2)sc1C(=O)N1CCC[C@@H]1c1nnc2n1CCCCC2. The molecule has 0 N–H and O–H groups in total. The second-order valence-electron chi connectivity index (χ2n) is 8.28. The molecule has 1 aromatic carbocycles. The van der Waals surface area contributed by atoms with E-state index in [2.05, 4.69) is 26.9 Å². The van der Waals surface area contributed by atoms with E-state index in [4.69, 9.17) is 4.98 Å². The molecule has 0 unspecified atom stereocenters. The zero-order valence-corrected chi connectivity index (χ0v) is 18.2. The van der Waals surface area contributed by atoms with Gasteiger partial charge in [-0.25, -0.2) is 4.98 Å². The summed E-state index contributed by atoms with van der Waals surface area (Å²) in [5, 5.41) is 9.99. The van der Waals surface area contributed by atoms with E-state index in [-0.39, 0.29) is 11.9 Å². The Hall–Kier alpha value is -2.54. The van der Waals surface area contributed by atoms with Gasteiger partial charge in [0.25, 0.3) is 5.91 Å². The second-order valence-corrected chi connectivity index (χ2v) is 9.36. The van der Waals surface area contributed by atoms with Gasteiger partial charge in [0.05, 0.1) is 16.7 Å². The quantitative estimate of drug-likeness (QED) is 0.629. The van der Waals surface area contributed by atoms with Crippen molar-refractivity contribution in [3.8, 4) is 0 Å². The Labute approximate surface area is 181 Å². The number of fused-ring (bicyclic) bond motifs is 1. The normalized spacial score (nSPS) is 19.0. The molecule has 2 aromatic heterocycles. The molecule has 0 bridgehead atoms. The van der Waals surface area contributed by atoms with E-state index in [1.807, 2.05) is 30.0 Å². The maximum atomic E-state index is 13.5. The average molecular weight is 422 g/mol. The van der Waals surface area contributed by atoms with Crippen molar-refractivity contribution in [1.29, 1.82) is 0 Å². The van der Waals surface area contributed by atoms with E-state index >= 15 is 0 Å². The maximum Gasteiger partial charge on any atom is 0.266 e. The van der Waals surface area contributed by atoms with Crippen LogP contribution >= 0.6 is 11.3 Å². The molecule has 5 rings (SSSR count). The van der Waals surface area contributed by atoms with Crippen LogP contribution in [0.3, 0.4) is 0 Å². The molecule has 2 aliphatic heterocycles. The number of rotatable bonds is 4. The van der Waals surface area contributed by atoms with Crippen LogP contribution in [0.5, 0.6) is 0 Å². The van der Waals surface area contributed by atoms with Gasteiger partial charge in [-0.2, -0.15) is 0 Å². The zero-order valence-electron chi connectivity index (χ0n) is 17.4. The fourth-order valence-electron chi connectivity index (χ4n) is 4.66. The van der Waals surface area contributed by atoms with Crippen molar-refractivity contribution in [1.82, 2.24) is 24.6 Å². The Kier molecular flexibility index (Phi) is 5.37. The molecule has 156 valence electrons. The molecule has 2 aliphatic rings. The summed E-state index contributed by atoms with van der Waals surface area (Å²) in [5.74, 6) is 2.16. The van der Waals surface area contributed by atoms with Crippen molar-refractivity contribution < 1.29 is 4.79 Å². The number of aromatic nitrogens is 4. The van der Waals surface area contributed by atoms with Gasteiger partial charge in [0, 0.05) is 25.9 Å². The molecule has 0 aliphatic carbocycles. The largest absolute Gasteiger partial charge is 0.328 e. The van der Waals surface area contributed by atoms with E-state index in [0.29, 0.717) is 0 Å². The lowest BCUT2D eigenvalue weighted by molar-refractivity contribution is 0.0731. The van der Waals surface area contributed by atoms with Crippen LogP contribution in [0.4, 0.5) is 0 Å². The molecule has 1 amide bonds. The van der Waals surface area contributed by atoms with Gasteiger partial charge in [0.2, 0.25) is 0 Å². The highest BCUT2D eigenvalue weighted by Gasteiger charge is 2.36. The molecule has 4 heterocycles. The third-order valence-electron chi connectivity index (χ3n) is 6.18. The molecular formula is C23H27N5OS. The standard InChI is InChI=1S/C23H27N5OS/c1-16-21(30-20(24-16)15-17-9-4-2-5-10-17)23(29)27-14-8-11-18(27)22-26-25-19-12-6-3-7-13-28(19)22/h2,4-5,9-10,18H,3,6-8,11-15H2,1H3/t18-/m1/s1. The zero-order chi connectivity index (χ0) is 20.5. The first kappa shape index (κ1) is 19.4. The number of hydrogen-bond acceptors (Lipinski definition) is 5. The van der Waals surface area contributed by atoms with Gasteiger partial charge < -0.3 is 9.47 Å². The Bertz CT molecular complexity index is 1040. The van der Waals surface area contributed by atoms with Gasteiger partial charge >= 0.3 is 0 Å². The Balaban J connectivity index is 1.39. The highest BCUT2D eigenvalue weighted by molar-refractivity contribution is 7.13. The molecule has 0 spiro atoms. The topological polar surface area (TPSA) is 63.9 Å². The molecule has 6 nitrogen and oxygen atoms in total. The summed E-state index contributed by atoms with van der Waals surface area (Å²) in [6.07, 6.45) is 7.29. The van der Waals surface area contributed by atoms with E-state index in [1.165, 1.54) is 29.7 Å². The summed E-state index contributed by atoms with van der Waals surface area (Å²) >= 11 is 1.54. The summed E-state index contributed by atoms with van der Waals surface area (Å²) in [4.78, 5) is 21.0. The highest BCUT2D eigenvalue weighted by atomic mass is 32.1. The number of likely N-dealkylation sites (tertiary alicyclic amines) is 1. The molecule has 3 aromatic rings. The molecule has 30 heavy (non-hydrogen) atoms. The minimum atomic E-state index is 0.0240. The van der Waals surface area contributed by atoms with Crippen molar-refractivity contribution in [2.24, 2.45) is 0 Å². The van der Waals surface area contributed by atoms with E-state index in [1.54, 1.807) is 0 Å². The number of nitrogens with zero attached hydrogens (tertiary/aromatic N) is 5. The first-order valence-corrected chi connectivity index (χ1v) is 11.8. The third-order valence-corrected chi connectivity index (χ3v) is 7.33. The monoisotopic (exact) mass is 421 g/mol. The fraction of sp³-hybridized carbons (Fsp3) is 0.478. The first-order valence-electron chi connectivity index (χ1n) is 10.9. The van der Waals surface area contributed by atoms with Crippen LogP contribution in [0.15, 0.2) is 30.3 Å². The highest BCUT2D eigenvalue weighted by Crippen LogP contribution is 2.35. The number of thiazole rings is 1. The number of carbonyl (C=O) groups is 1. The fourth-order valence-corrected chi connectivity index (χ4v) is 5.71. The van der Waals surface area contributed by atoms with Crippen LogP contribution in [-0.2, 0) is 19.4 Å². The van der Waals surface area contributed by atoms with Crippen molar-refractivity contribution >= 4 is 17.2 Å². The summed E-state index contributed by atoms with van der Waals surface area (Å²) < 4.78 is 2.28. The van der Waals surface area contributed by atoms with Crippen molar-refractivity contribution in [3.05, 3.63) is 63.1 Å². The molecule has 1 fully saturated rings. The predicted octanol–water partition coefficient (Wildman–Crippen LogP) is 4.34. The number of hydrogen-bond donors (Lipinski definition) is 0. The molecule has 1 atom stereocenters. The summed E-state index contributed by atoms with van der Waals surface area (Å²) in [5.41, 5.74) is 2.05. The van der Waals surface area contributed by atoms with Gasteiger partial charge in [0.1, 0.15) is 10.7 Å². The van der Waals surface area contributed by atoms with Crippen molar-refractivity contribution in [2.75, 3.05) is 6.54 Å². The Morgan fingerprint density at radius 3 is 2.83 bits per heavy atom. The minimum Gasteiger partial charge on any atom is -0.328 e. The molecule has 1 saturated heterocycles. The van der Waals surface area contributed by atoms with Gasteiger partial charge in [-0.1, -0.05) is 36.8 Å². The minimum absolute atomic E-state index is 0.0240. The smallest absolute Gasteiger partial charge is 0.266 e. The number of aryl methyl sites for hydroxylation is 2. The number of benzene rings is 1. The Morgan fingerprint density at radius 1 is 1.10 bits per heavy atom. The summed E-state index contributed by atoms with van der Waals surface area (Å²) in [7, 11) is 0. The molecule has 0 radical (unpaired) electrons. The number of carbonyl (C=O) groups excluding carboxylic acids is 1. The number of amides is 1. The van der Waals surface area contributed by atoms with Crippen LogP contribution in [0.25, 0.3) is 0 Å². The van der Waals surface area contributed by atoms with Gasteiger partial charge in [-0.05, 0) is 38.2 Å². The maximum absolute atomic E-state index is 13.5. The van der Waals surface area contributed by atoms with Crippen LogP contribution in [0.1, 0.15) is 75.7 Å². The second kappa shape index (κ2) is 8.30. The van der Waals surface area contributed by atoms with Crippen LogP contribution in [0, 0.1) is 6.92 Å². The van der Waals surface area contributed by atoms with Gasteiger partial charge in [-0.15, -0.1) is 21.5 Å². The Morgan fingerprint density at radius 2 is 1.97 bits per heavy atom. The van der Waals surface area contributed by atoms with Gasteiger partial charge in [0.15, 0.2) is 5.82 Å². The van der Waals surface area contributed by atoms with E-state index < -0.39 is 0 Å². The van der Waals surface area contributed by atoms with E-state index in [0.717, 1.165) is 72.4 Å². The van der Waals surface area contributed by atoms with Crippen LogP contribution in [0.2, 0.25) is 0 Å². The summed E-state index contributed by atoms with van der Waals surface area (Å²) in [6, 6.07) is 10.3. The lowest BCUT2D eigenvalue weighted by Gasteiger charge is -2.24. The van der Waals surface area contributed by atoms with E-state index in [9.17, 15) is 4.79 Å². The first-order chi connectivity index (χ1) is 14.7. The molecule has 7 heteroatoms. The van der Waals surface area contributed by atoms with Gasteiger partial charge in [-0.3, -0.25) is 4.79 Å². The molecular weight excluding hydrogens is 394 g/mol. The third kappa shape index (κ3) is 3.67. The average Bonchev–Trinajstić information content (AvgIpc) is 3.43. The lowest BCUT2D eigenvalue weighted by atomic mass is 10.2. The van der Waals surface area contributed by atoms with Crippen LogP contribution < -0.4 is 0 Å². The van der Waals surface area contributed by atoms with Crippen molar-refractivity contribution in [2.45, 2.75) is 64.5 Å². The molecule has 0 saturated carbocycles. The lowest BCUT2D eigenvalue weighted by Crippen LogP contribution is -2.32. The van der Waals surface area contributed by atoms with Crippen LogP contribution in [-0.4, -0.2) is 37.1 Å². The predicted molar refractivity (Wildman–Crippen MR) is 117 cm³/mol. The summed E-state index contributed by atoms with van der Waals surface area (Å²) in [6.45, 7) is 3.69. The van der Waals surface area contributed by atoms with Crippen molar-refractivity contribution in [3.63, 3.8) is 0 Å².